The molecule has 3 rings (SSSR count). The normalized spacial score (nSPS) is 10.6. The van der Waals surface area contributed by atoms with Crippen molar-refractivity contribution in [2.24, 2.45) is 0 Å². The number of rotatable bonds is 4. The summed E-state index contributed by atoms with van der Waals surface area (Å²) in [7, 11) is 1.32. The van der Waals surface area contributed by atoms with Gasteiger partial charge in [-0.25, -0.2) is 0 Å². The van der Waals surface area contributed by atoms with Crippen molar-refractivity contribution in [2.75, 3.05) is 7.11 Å². The van der Waals surface area contributed by atoms with Crippen molar-refractivity contribution in [3.05, 3.63) is 91.0 Å². The Morgan fingerprint density at radius 3 is 1.38 bits per heavy atom. The first-order valence-corrected chi connectivity index (χ1v) is 11.9. The third kappa shape index (κ3) is 3.01. The van der Waals surface area contributed by atoms with Crippen LogP contribution in [0, 0.1) is 11.3 Å². The molecule has 0 bridgehead atoms. The van der Waals surface area contributed by atoms with Crippen LogP contribution >= 0.6 is 0 Å². The first-order chi connectivity index (χ1) is 12.7. The number of nitrogens with zero attached hydrogens (tertiary/aromatic N) is 1. The number of benzene rings is 3. The van der Waals surface area contributed by atoms with Crippen molar-refractivity contribution in [1.29, 1.82) is 5.26 Å². The quantitative estimate of drug-likeness (QED) is 0.491. The van der Waals surface area contributed by atoms with Crippen LogP contribution in [0.3, 0.4) is 0 Å². The fourth-order valence-electron chi connectivity index (χ4n) is 3.14. The summed E-state index contributed by atoms with van der Waals surface area (Å²) < 4.78 is 8.24. The number of carbonyl (C=O) groups excluding carboxylic acids is 1. The van der Waals surface area contributed by atoms with E-state index in [2.05, 4.69) is 6.07 Å². The van der Waals surface area contributed by atoms with Gasteiger partial charge < -0.3 is 0 Å². The Bertz CT molecular complexity index is 887. The van der Waals surface area contributed by atoms with Crippen LogP contribution in [0.4, 0.5) is 0 Å². The molecule has 0 heterocycles. The number of nitriles is 1. The van der Waals surface area contributed by atoms with E-state index in [-0.39, 0.29) is 4.30 Å². The molecule has 0 aromatic heterocycles. The van der Waals surface area contributed by atoms with Gasteiger partial charge in [0.05, 0.1) is 0 Å². The van der Waals surface area contributed by atoms with Crippen LogP contribution in [0.2, 0.25) is 0 Å². The van der Waals surface area contributed by atoms with Gasteiger partial charge in [0, 0.05) is 0 Å². The number of hydrogen-bond donors (Lipinski definition) is 0. The van der Waals surface area contributed by atoms with E-state index in [0.29, 0.717) is 0 Å². The van der Waals surface area contributed by atoms with Crippen molar-refractivity contribution in [1.82, 2.24) is 0 Å². The van der Waals surface area contributed by atoms with E-state index in [0.717, 1.165) is 13.1 Å². The van der Waals surface area contributed by atoms with E-state index >= 15 is 0 Å². The number of hydrogen-bond acceptors (Lipinski definition) is 3. The van der Waals surface area contributed by atoms with Gasteiger partial charge in [0.2, 0.25) is 0 Å². The molecule has 0 spiro atoms. The minimum absolute atomic E-state index is 0.203. The fraction of sp³-hybridized carbons (Fsp3) is 0.0455. The number of esters is 1. The Labute approximate surface area is 155 Å². The summed E-state index contributed by atoms with van der Waals surface area (Å²) >= 11 is -3.53. The second kappa shape index (κ2) is 7.95. The van der Waals surface area contributed by atoms with Crippen LogP contribution < -0.4 is 13.1 Å². The summed E-state index contributed by atoms with van der Waals surface area (Å²) in [4.78, 5) is 12.7. The van der Waals surface area contributed by atoms with Crippen molar-refractivity contribution >= 4 is 36.4 Å². The molecule has 0 N–H and O–H groups in total. The number of carbonyl (C=O) groups is 1. The second-order valence-corrected chi connectivity index (χ2v) is 12.6. The summed E-state index contributed by atoms with van der Waals surface area (Å²) in [5.41, 5.74) is 0. The van der Waals surface area contributed by atoms with Gasteiger partial charge >= 0.3 is 155 Å². The molecule has 3 aromatic rings. The van der Waals surface area contributed by atoms with Crippen LogP contribution in [0.1, 0.15) is 0 Å². The SMILES string of the molecule is COC(=O)C(C#N)=[As](c1ccccc1)(c1ccccc1)c1ccccc1. The zero-order valence-electron chi connectivity index (χ0n) is 14.4. The monoisotopic (exact) mass is 403 g/mol. The molecular weight excluding hydrogens is 385 g/mol. The van der Waals surface area contributed by atoms with Crippen LogP contribution in [0.25, 0.3) is 0 Å². The van der Waals surface area contributed by atoms with E-state index in [1.54, 1.807) is 0 Å². The molecule has 0 atom stereocenters. The summed E-state index contributed by atoms with van der Waals surface area (Å²) in [6.07, 6.45) is 0. The van der Waals surface area contributed by atoms with E-state index in [1.165, 1.54) is 7.11 Å². The van der Waals surface area contributed by atoms with Crippen molar-refractivity contribution in [2.45, 2.75) is 0 Å². The topological polar surface area (TPSA) is 50.1 Å². The van der Waals surface area contributed by atoms with E-state index in [4.69, 9.17) is 4.74 Å². The van der Waals surface area contributed by atoms with Crippen LogP contribution in [0.15, 0.2) is 91.0 Å². The average molecular weight is 403 g/mol. The van der Waals surface area contributed by atoms with Gasteiger partial charge in [-0.15, -0.1) is 0 Å². The van der Waals surface area contributed by atoms with Gasteiger partial charge in [0.1, 0.15) is 0 Å². The van der Waals surface area contributed by atoms with E-state index in [9.17, 15) is 10.1 Å². The average Bonchev–Trinajstić information content (AvgIpc) is 2.73. The predicted octanol–water partition coefficient (Wildman–Crippen LogP) is 1.61. The second-order valence-electron chi connectivity index (χ2n) is 5.63. The maximum atomic E-state index is 12.7. The van der Waals surface area contributed by atoms with Gasteiger partial charge in [0.25, 0.3) is 0 Å². The summed E-state index contributed by atoms with van der Waals surface area (Å²) in [5.74, 6) is -0.559. The first-order valence-electron chi connectivity index (χ1n) is 8.17. The Morgan fingerprint density at radius 1 is 0.769 bits per heavy atom. The standard InChI is InChI=1S/C22H18AsNO2/c1-26-22(25)21(17-24)23(18-11-5-2-6-12-18,19-13-7-3-8-14-19)20-15-9-4-10-16-20/h2-16H,1H3. The number of ether oxygens (including phenoxy) is 1. The maximum absolute atomic E-state index is 12.7. The minimum atomic E-state index is -3.53. The molecular formula is C22H18AsNO2. The number of methoxy groups -OCH3 is 1. The van der Waals surface area contributed by atoms with E-state index in [1.807, 2.05) is 91.0 Å². The molecule has 0 amide bonds. The van der Waals surface area contributed by atoms with Crippen molar-refractivity contribution in [3.8, 4) is 6.07 Å². The van der Waals surface area contributed by atoms with Gasteiger partial charge in [-0.1, -0.05) is 0 Å². The molecule has 3 aromatic carbocycles. The van der Waals surface area contributed by atoms with Crippen LogP contribution in [-0.2, 0) is 9.53 Å². The zero-order valence-corrected chi connectivity index (χ0v) is 16.2. The molecule has 26 heavy (non-hydrogen) atoms. The summed E-state index contributed by atoms with van der Waals surface area (Å²) in [6.45, 7) is 0. The molecule has 0 aliphatic heterocycles. The first kappa shape index (κ1) is 17.9. The van der Waals surface area contributed by atoms with Crippen molar-refractivity contribution in [3.63, 3.8) is 0 Å². The third-order valence-electron chi connectivity index (χ3n) is 4.25. The zero-order chi connectivity index (χ0) is 18.4. The Morgan fingerprint density at radius 2 is 1.12 bits per heavy atom. The Kier molecular flexibility index (Phi) is 5.46. The molecule has 0 saturated heterocycles. The Balaban J connectivity index is 2.59. The van der Waals surface area contributed by atoms with Gasteiger partial charge in [-0.3, -0.25) is 0 Å². The summed E-state index contributed by atoms with van der Waals surface area (Å²) in [6, 6.07) is 31.8. The molecule has 128 valence electrons. The molecule has 0 fully saturated rings. The molecule has 4 heteroatoms. The molecule has 0 radical (unpaired) electrons. The van der Waals surface area contributed by atoms with E-state index < -0.39 is 19.1 Å². The van der Waals surface area contributed by atoms with Crippen LogP contribution in [-0.4, -0.2) is 30.5 Å². The third-order valence-corrected chi connectivity index (χ3v) is 13.0. The fourth-order valence-corrected chi connectivity index (χ4v) is 11.6. The molecule has 0 aliphatic rings. The summed E-state index contributed by atoms with van der Waals surface area (Å²) in [5, 5.41) is 10.0. The molecule has 0 saturated carbocycles. The van der Waals surface area contributed by atoms with Gasteiger partial charge in [0.15, 0.2) is 0 Å². The molecule has 0 aliphatic carbocycles. The van der Waals surface area contributed by atoms with Gasteiger partial charge in [-0.05, 0) is 0 Å². The Hall–Kier alpha value is -2.95. The van der Waals surface area contributed by atoms with Crippen molar-refractivity contribution < 1.29 is 9.53 Å². The molecule has 3 nitrogen and oxygen atoms in total. The molecule has 0 unspecified atom stereocenters. The predicted molar refractivity (Wildman–Crippen MR) is 107 cm³/mol. The van der Waals surface area contributed by atoms with Crippen LogP contribution in [0.5, 0.6) is 0 Å². The van der Waals surface area contributed by atoms with Gasteiger partial charge in [-0.2, -0.15) is 0 Å².